The van der Waals surface area contributed by atoms with E-state index in [1.165, 1.54) is 14.1 Å². The second kappa shape index (κ2) is 5.68. The highest BCUT2D eigenvalue weighted by atomic mass is 19.4. The number of aliphatic carboxylic acids is 1. The Hall–Kier alpha value is -1.80. The fourth-order valence-electron chi connectivity index (χ4n) is 1.71. The summed E-state index contributed by atoms with van der Waals surface area (Å²) in [5, 5.41) is 8.69. The van der Waals surface area contributed by atoms with Crippen molar-refractivity contribution in [1.82, 2.24) is 9.80 Å². The van der Waals surface area contributed by atoms with Crippen LogP contribution in [0.2, 0.25) is 0 Å². The molecule has 20 heavy (non-hydrogen) atoms. The Morgan fingerprint density at radius 3 is 2.10 bits per heavy atom. The Morgan fingerprint density at radius 1 is 1.20 bits per heavy atom. The van der Waals surface area contributed by atoms with Gasteiger partial charge in [0, 0.05) is 14.1 Å². The van der Waals surface area contributed by atoms with Crippen LogP contribution in [0.4, 0.5) is 13.2 Å². The number of hydrogen-bond acceptors (Lipinski definition) is 3. The zero-order chi connectivity index (χ0) is 15.7. The van der Waals surface area contributed by atoms with Gasteiger partial charge in [0.2, 0.25) is 11.8 Å². The molecule has 1 aliphatic rings. The monoisotopic (exact) mass is 296 g/mol. The number of likely N-dealkylation sites (N-methyl/N-ethyl adjacent to an activating group) is 1. The zero-order valence-electron chi connectivity index (χ0n) is 11.0. The predicted molar refractivity (Wildman–Crippen MR) is 60.6 cm³/mol. The third kappa shape index (κ3) is 4.39. The average molecular weight is 296 g/mol. The number of halogens is 3. The molecule has 0 aromatic carbocycles. The normalized spacial score (nSPS) is 21.2. The van der Waals surface area contributed by atoms with Crippen molar-refractivity contribution >= 4 is 17.8 Å². The number of carbonyl (C=O) groups excluding carboxylic acids is 2. The third-order valence-electron chi connectivity index (χ3n) is 2.93. The van der Waals surface area contributed by atoms with E-state index in [0.29, 0.717) is 4.90 Å². The maximum atomic E-state index is 12.4. The van der Waals surface area contributed by atoms with Crippen LogP contribution in [0.5, 0.6) is 0 Å². The standard InChI is InChI=1S/C11H15F3N2O4/c1-15(2)8(17)4-16(5-11(12,13)14)9(18)6-3-7(6)10(19)20/h6-7H,3-5H2,1-2H3,(H,19,20). The van der Waals surface area contributed by atoms with E-state index in [0.717, 1.165) is 4.90 Å². The van der Waals surface area contributed by atoms with Crippen molar-refractivity contribution in [1.29, 1.82) is 0 Å². The molecule has 0 spiro atoms. The van der Waals surface area contributed by atoms with Gasteiger partial charge in [-0.3, -0.25) is 14.4 Å². The summed E-state index contributed by atoms with van der Waals surface area (Å²) in [7, 11) is 2.71. The first-order valence-electron chi connectivity index (χ1n) is 5.81. The summed E-state index contributed by atoms with van der Waals surface area (Å²) in [4.78, 5) is 35.4. The molecule has 1 rings (SSSR count). The molecule has 1 N–H and O–H groups in total. The molecule has 2 atom stereocenters. The van der Waals surface area contributed by atoms with Crippen LogP contribution in [-0.2, 0) is 14.4 Å². The molecule has 0 saturated heterocycles. The highest BCUT2D eigenvalue weighted by Gasteiger charge is 2.51. The van der Waals surface area contributed by atoms with E-state index < -0.39 is 48.9 Å². The Labute approximate surface area is 113 Å². The van der Waals surface area contributed by atoms with Crippen LogP contribution in [-0.4, -0.2) is 66.1 Å². The van der Waals surface area contributed by atoms with Gasteiger partial charge < -0.3 is 14.9 Å². The molecule has 9 heteroatoms. The van der Waals surface area contributed by atoms with Crippen LogP contribution < -0.4 is 0 Å². The molecular weight excluding hydrogens is 281 g/mol. The van der Waals surface area contributed by atoms with Crippen molar-refractivity contribution in [3.63, 3.8) is 0 Å². The van der Waals surface area contributed by atoms with Gasteiger partial charge in [0.25, 0.3) is 0 Å². The van der Waals surface area contributed by atoms with Gasteiger partial charge in [0.1, 0.15) is 13.1 Å². The lowest BCUT2D eigenvalue weighted by molar-refractivity contribution is -0.165. The van der Waals surface area contributed by atoms with Gasteiger partial charge in [-0.1, -0.05) is 0 Å². The van der Waals surface area contributed by atoms with Crippen LogP contribution in [0.1, 0.15) is 6.42 Å². The molecule has 0 aromatic heterocycles. The summed E-state index contributed by atoms with van der Waals surface area (Å²) in [6.07, 6.45) is -4.63. The van der Waals surface area contributed by atoms with E-state index in [1.807, 2.05) is 0 Å². The molecule has 0 aliphatic heterocycles. The summed E-state index contributed by atoms with van der Waals surface area (Å²) in [5.41, 5.74) is 0. The number of amides is 2. The van der Waals surface area contributed by atoms with Gasteiger partial charge in [0.15, 0.2) is 0 Å². The minimum atomic E-state index is -4.64. The van der Waals surface area contributed by atoms with Gasteiger partial charge in [-0.05, 0) is 6.42 Å². The number of rotatable bonds is 5. The number of carbonyl (C=O) groups is 3. The number of carboxylic acid groups (broad SMARTS) is 1. The van der Waals surface area contributed by atoms with E-state index >= 15 is 0 Å². The van der Waals surface area contributed by atoms with Gasteiger partial charge >= 0.3 is 12.1 Å². The first kappa shape index (κ1) is 16.3. The molecule has 1 aliphatic carbocycles. The van der Waals surface area contributed by atoms with E-state index in [9.17, 15) is 27.6 Å². The lowest BCUT2D eigenvalue weighted by Crippen LogP contribution is -2.45. The van der Waals surface area contributed by atoms with Crippen molar-refractivity contribution in [3.8, 4) is 0 Å². The van der Waals surface area contributed by atoms with Gasteiger partial charge in [-0.25, -0.2) is 0 Å². The summed E-state index contributed by atoms with van der Waals surface area (Å²) in [6, 6.07) is 0. The molecule has 2 amide bonds. The van der Waals surface area contributed by atoms with Crippen LogP contribution in [0.3, 0.4) is 0 Å². The van der Waals surface area contributed by atoms with Crippen molar-refractivity contribution in [2.75, 3.05) is 27.2 Å². The van der Waals surface area contributed by atoms with Crippen molar-refractivity contribution < 1.29 is 32.7 Å². The number of nitrogens with zero attached hydrogens (tertiary/aromatic N) is 2. The minimum absolute atomic E-state index is 0.0126. The van der Waals surface area contributed by atoms with Crippen molar-refractivity contribution in [2.24, 2.45) is 11.8 Å². The van der Waals surface area contributed by atoms with E-state index in [1.54, 1.807) is 0 Å². The highest BCUT2D eigenvalue weighted by Crippen LogP contribution is 2.40. The largest absolute Gasteiger partial charge is 0.481 e. The van der Waals surface area contributed by atoms with Crippen molar-refractivity contribution in [2.45, 2.75) is 12.6 Å². The number of carboxylic acids is 1. The molecule has 6 nitrogen and oxygen atoms in total. The van der Waals surface area contributed by atoms with Crippen LogP contribution in [0.15, 0.2) is 0 Å². The second-order valence-electron chi connectivity index (χ2n) is 4.88. The number of hydrogen-bond donors (Lipinski definition) is 1. The Kier molecular flexibility index (Phi) is 4.61. The van der Waals surface area contributed by atoms with E-state index in [2.05, 4.69) is 0 Å². The maximum absolute atomic E-state index is 12.4. The van der Waals surface area contributed by atoms with Crippen molar-refractivity contribution in [3.05, 3.63) is 0 Å². The fraction of sp³-hybridized carbons (Fsp3) is 0.727. The summed E-state index contributed by atoms with van der Waals surface area (Å²) >= 11 is 0. The maximum Gasteiger partial charge on any atom is 0.406 e. The molecular formula is C11H15F3N2O4. The Morgan fingerprint density at radius 2 is 1.75 bits per heavy atom. The molecule has 0 radical (unpaired) electrons. The molecule has 1 fully saturated rings. The quantitative estimate of drug-likeness (QED) is 0.785. The van der Waals surface area contributed by atoms with E-state index in [-0.39, 0.29) is 6.42 Å². The minimum Gasteiger partial charge on any atom is -0.481 e. The first-order chi connectivity index (χ1) is 9.03. The Balaban J connectivity index is 2.75. The lowest BCUT2D eigenvalue weighted by atomic mass is 10.2. The van der Waals surface area contributed by atoms with Gasteiger partial charge in [-0.15, -0.1) is 0 Å². The predicted octanol–water partition coefficient (Wildman–Crippen LogP) is 0.186. The summed E-state index contributed by atoms with van der Waals surface area (Å²) in [5.74, 6) is -4.73. The van der Waals surface area contributed by atoms with E-state index in [4.69, 9.17) is 5.11 Å². The molecule has 0 heterocycles. The third-order valence-corrected chi connectivity index (χ3v) is 2.93. The van der Waals surface area contributed by atoms with Crippen LogP contribution in [0, 0.1) is 11.8 Å². The van der Waals surface area contributed by atoms with Gasteiger partial charge in [0.05, 0.1) is 11.8 Å². The summed E-state index contributed by atoms with van der Waals surface area (Å²) in [6.45, 7) is -2.28. The average Bonchev–Trinajstić information content (AvgIpc) is 3.04. The first-order valence-corrected chi connectivity index (χ1v) is 5.81. The second-order valence-corrected chi connectivity index (χ2v) is 4.88. The van der Waals surface area contributed by atoms with Crippen LogP contribution in [0.25, 0.3) is 0 Å². The number of alkyl halides is 3. The summed E-state index contributed by atoms with van der Waals surface area (Å²) < 4.78 is 37.3. The zero-order valence-corrected chi connectivity index (χ0v) is 11.0. The van der Waals surface area contributed by atoms with Gasteiger partial charge in [-0.2, -0.15) is 13.2 Å². The Bertz CT molecular complexity index is 422. The highest BCUT2D eigenvalue weighted by molar-refractivity contribution is 5.91. The molecule has 2 unspecified atom stereocenters. The molecule has 114 valence electrons. The smallest absolute Gasteiger partial charge is 0.406 e. The molecule has 0 aromatic rings. The SMILES string of the molecule is CN(C)C(=O)CN(CC(F)(F)F)C(=O)C1CC1C(=O)O. The van der Waals surface area contributed by atoms with Crippen LogP contribution >= 0.6 is 0 Å². The lowest BCUT2D eigenvalue weighted by Gasteiger charge is -2.25. The molecule has 1 saturated carbocycles. The topological polar surface area (TPSA) is 77.9 Å². The molecule has 0 bridgehead atoms. The fourth-order valence-corrected chi connectivity index (χ4v) is 1.71.